The van der Waals surface area contributed by atoms with Crippen molar-refractivity contribution in [2.24, 2.45) is 0 Å². The fourth-order valence-electron chi connectivity index (χ4n) is 5.66. The van der Waals surface area contributed by atoms with Crippen molar-refractivity contribution in [3.8, 4) is 5.75 Å². The van der Waals surface area contributed by atoms with Gasteiger partial charge in [0, 0.05) is 27.8 Å². The van der Waals surface area contributed by atoms with E-state index in [9.17, 15) is 24.6 Å². The van der Waals surface area contributed by atoms with Crippen molar-refractivity contribution >= 4 is 29.5 Å². The van der Waals surface area contributed by atoms with Gasteiger partial charge in [0.2, 0.25) is 5.91 Å². The van der Waals surface area contributed by atoms with Gasteiger partial charge in [0.15, 0.2) is 6.10 Å². The van der Waals surface area contributed by atoms with Gasteiger partial charge >= 0.3 is 0 Å². The Bertz CT molecular complexity index is 1450. The molecule has 2 aliphatic rings. The molecule has 2 fully saturated rings. The molecule has 1 aliphatic heterocycles. The monoisotopic (exact) mass is 587 g/mol. The van der Waals surface area contributed by atoms with E-state index in [4.69, 9.17) is 0 Å². The van der Waals surface area contributed by atoms with Crippen molar-refractivity contribution in [2.75, 3.05) is 5.88 Å². The Hall–Kier alpha value is -3.82. The van der Waals surface area contributed by atoms with Crippen LogP contribution in [0.4, 0.5) is 0 Å². The zero-order valence-corrected chi connectivity index (χ0v) is 24.8. The first-order valence-corrected chi connectivity index (χ1v) is 15.2. The van der Waals surface area contributed by atoms with E-state index >= 15 is 0 Å². The van der Waals surface area contributed by atoms with Crippen LogP contribution in [0.1, 0.15) is 53.2 Å². The molecule has 1 saturated carbocycles. The van der Waals surface area contributed by atoms with E-state index in [1.807, 2.05) is 62.4 Å². The summed E-state index contributed by atoms with van der Waals surface area (Å²) in [4.78, 5) is 42.3. The highest BCUT2D eigenvalue weighted by Crippen LogP contribution is 2.43. The summed E-state index contributed by atoms with van der Waals surface area (Å²) < 4.78 is -0.576. The van der Waals surface area contributed by atoms with Crippen LogP contribution in [0, 0.1) is 6.92 Å². The first kappa shape index (κ1) is 29.7. The number of carbonyl (C=O) groups excluding carboxylic acids is 3. The first-order valence-electron chi connectivity index (χ1n) is 14.2. The smallest absolute Gasteiger partial charge is 0.254 e. The highest BCUT2D eigenvalue weighted by atomic mass is 32.2. The van der Waals surface area contributed by atoms with Crippen LogP contribution in [0.15, 0.2) is 78.9 Å². The Morgan fingerprint density at radius 1 is 1.00 bits per heavy atom. The van der Waals surface area contributed by atoms with Gasteiger partial charge in [0.05, 0.1) is 11.9 Å². The van der Waals surface area contributed by atoms with E-state index in [1.54, 1.807) is 19.1 Å². The molecule has 3 amide bonds. The maximum Gasteiger partial charge on any atom is 0.254 e. The number of phenols is 1. The van der Waals surface area contributed by atoms with Crippen LogP contribution in [0.25, 0.3) is 0 Å². The van der Waals surface area contributed by atoms with Crippen LogP contribution >= 0.6 is 11.8 Å². The SMILES string of the molecule is Cc1c(O)cccc1C(=O)N[C@@H](Cc1ccccc1)[C@H](O)C(=O)N1CSC(C)(C)[C@H]1C(=O)NC1CC1c1ccccc1. The summed E-state index contributed by atoms with van der Waals surface area (Å²) in [6.45, 7) is 5.49. The molecule has 1 aliphatic carbocycles. The van der Waals surface area contributed by atoms with Gasteiger partial charge in [-0.15, -0.1) is 11.8 Å². The highest BCUT2D eigenvalue weighted by Gasteiger charge is 2.51. The Kier molecular flexibility index (Phi) is 8.61. The fraction of sp³-hybridized carbons (Fsp3) is 0.364. The van der Waals surface area contributed by atoms with Crippen molar-refractivity contribution in [3.63, 3.8) is 0 Å². The van der Waals surface area contributed by atoms with Gasteiger partial charge in [-0.3, -0.25) is 14.4 Å². The number of rotatable bonds is 9. The predicted molar refractivity (Wildman–Crippen MR) is 163 cm³/mol. The minimum Gasteiger partial charge on any atom is -0.508 e. The predicted octanol–water partition coefficient (Wildman–Crippen LogP) is 3.76. The molecule has 42 heavy (non-hydrogen) atoms. The number of hydrogen-bond acceptors (Lipinski definition) is 6. The van der Waals surface area contributed by atoms with Gasteiger partial charge in [-0.25, -0.2) is 0 Å². The molecule has 9 heteroatoms. The normalized spacial score (nSPS) is 22.2. The summed E-state index contributed by atoms with van der Waals surface area (Å²) in [5.74, 6) is -0.902. The van der Waals surface area contributed by atoms with Gasteiger partial charge in [0.1, 0.15) is 11.8 Å². The number of thioether (sulfide) groups is 1. The molecule has 0 aromatic heterocycles. The molecule has 0 spiro atoms. The Morgan fingerprint density at radius 2 is 1.67 bits per heavy atom. The number of nitrogens with zero attached hydrogens (tertiary/aromatic N) is 1. The molecule has 4 N–H and O–H groups in total. The minimum atomic E-state index is -1.60. The molecule has 3 aromatic rings. The summed E-state index contributed by atoms with van der Waals surface area (Å²) in [6.07, 6.45) is -0.569. The van der Waals surface area contributed by atoms with E-state index in [1.165, 1.54) is 28.3 Å². The molecule has 0 radical (unpaired) electrons. The second-order valence-electron chi connectivity index (χ2n) is 11.6. The molecular weight excluding hydrogens is 550 g/mol. The number of amides is 3. The lowest BCUT2D eigenvalue weighted by molar-refractivity contribution is -0.147. The lowest BCUT2D eigenvalue weighted by Crippen LogP contribution is -2.59. The van der Waals surface area contributed by atoms with Gasteiger partial charge < -0.3 is 25.7 Å². The van der Waals surface area contributed by atoms with Crippen molar-refractivity contribution < 1.29 is 24.6 Å². The van der Waals surface area contributed by atoms with Crippen LogP contribution in [0.3, 0.4) is 0 Å². The number of aliphatic hydroxyl groups is 1. The number of aromatic hydroxyl groups is 1. The van der Waals surface area contributed by atoms with E-state index < -0.39 is 34.7 Å². The van der Waals surface area contributed by atoms with Crippen LogP contribution in [-0.4, -0.2) is 67.7 Å². The zero-order valence-electron chi connectivity index (χ0n) is 24.0. The van der Waals surface area contributed by atoms with E-state index in [-0.39, 0.29) is 41.5 Å². The number of carbonyl (C=O) groups is 3. The Morgan fingerprint density at radius 3 is 2.36 bits per heavy atom. The number of benzene rings is 3. The maximum absolute atomic E-state index is 13.9. The molecule has 1 saturated heterocycles. The Balaban J connectivity index is 1.34. The molecule has 5 atom stereocenters. The van der Waals surface area contributed by atoms with Crippen LogP contribution in [0.2, 0.25) is 0 Å². The van der Waals surface area contributed by atoms with Gasteiger partial charge in [-0.2, -0.15) is 0 Å². The van der Waals surface area contributed by atoms with Crippen LogP contribution in [-0.2, 0) is 16.0 Å². The summed E-state index contributed by atoms with van der Waals surface area (Å²) in [7, 11) is 0. The number of nitrogens with one attached hydrogen (secondary N) is 2. The third kappa shape index (κ3) is 6.32. The third-order valence-electron chi connectivity index (χ3n) is 8.22. The lowest BCUT2D eigenvalue weighted by atomic mass is 9.96. The molecule has 2 unspecified atom stereocenters. The molecule has 5 rings (SSSR count). The Labute approximate surface area is 250 Å². The summed E-state index contributed by atoms with van der Waals surface area (Å²) >= 11 is 1.48. The summed E-state index contributed by atoms with van der Waals surface area (Å²) in [5.41, 5.74) is 2.65. The highest BCUT2D eigenvalue weighted by molar-refractivity contribution is 8.00. The van der Waals surface area contributed by atoms with Crippen molar-refractivity contribution in [3.05, 3.63) is 101 Å². The van der Waals surface area contributed by atoms with Gasteiger partial charge in [-0.05, 0) is 56.9 Å². The largest absolute Gasteiger partial charge is 0.508 e. The van der Waals surface area contributed by atoms with E-state index in [0.29, 0.717) is 5.56 Å². The minimum absolute atomic E-state index is 0.00109. The van der Waals surface area contributed by atoms with Crippen LogP contribution in [0.5, 0.6) is 5.75 Å². The topological polar surface area (TPSA) is 119 Å². The third-order valence-corrected chi connectivity index (χ3v) is 9.60. The molecule has 8 nitrogen and oxygen atoms in total. The summed E-state index contributed by atoms with van der Waals surface area (Å²) in [5, 5.41) is 27.6. The number of phenolic OH excluding ortho intramolecular Hbond substituents is 1. The molecule has 1 heterocycles. The number of hydrogen-bond donors (Lipinski definition) is 4. The quantitative estimate of drug-likeness (QED) is 0.303. The van der Waals surface area contributed by atoms with Crippen LogP contribution < -0.4 is 10.6 Å². The maximum atomic E-state index is 13.9. The van der Waals surface area contributed by atoms with Crippen molar-refractivity contribution in [1.29, 1.82) is 0 Å². The first-order chi connectivity index (χ1) is 20.1. The molecular formula is C33H37N3O5S. The van der Waals surface area contributed by atoms with E-state index in [2.05, 4.69) is 22.8 Å². The average Bonchev–Trinajstić information content (AvgIpc) is 3.67. The lowest BCUT2D eigenvalue weighted by Gasteiger charge is -2.33. The zero-order chi connectivity index (χ0) is 30.0. The number of aliphatic hydroxyl groups excluding tert-OH is 1. The molecule has 220 valence electrons. The van der Waals surface area contributed by atoms with Crippen molar-refractivity contribution in [1.82, 2.24) is 15.5 Å². The molecule has 0 bridgehead atoms. The standard InChI is InChI=1S/C33H37N3O5S/c1-20-23(15-10-16-27(20)37)30(39)35-26(17-21-11-6-4-7-12-21)28(38)32(41)36-19-42-33(2,3)29(36)31(40)34-25-18-24(25)22-13-8-5-9-14-22/h4-16,24-26,28-29,37-38H,17-19H2,1-3H3,(H,34,40)(H,35,39)/t24?,25?,26-,28-,29+/m0/s1. The van der Waals surface area contributed by atoms with Gasteiger partial charge in [0.25, 0.3) is 11.8 Å². The molecule has 3 aromatic carbocycles. The average molecular weight is 588 g/mol. The van der Waals surface area contributed by atoms with Gasteiger partial charge in [-0.1, -0.05) is 66.7 Å². The fourth-order valence-corrected chi connectivity index (χ4v) is 6.81. The summed E-state index contributed by atoms with van der Waals surface area (Å²) in [6, 6.07) is 22.2. The second-order valence-corrected chi connectivity index (χ2v) is 13.2. The van der Waals surface area contributed by atoms with E-state index in [0.717, 1.165) is 12.0 Å². The second kappa shape index (κ2) is 12.2. The van der Waals surface area contributed by atoms with Crippen molar-refractivity contribution in [2.45, 2.75) is 68.5 Å².